The lowest BCUT2D eigenvalue weighted by atomic mass is 9.80. The number of anilines is 1. The Hall–Kier alpha value is -2.94. The number of nitrogens with one attached hydrogen (secondary N) is 1. The maximum absolute atomic E-state index is 12.4. The zero-order valence-electron chi connectivity index (χ0n) is 15.7. The van der Waals surface area contributed by atoms with Gasteiger partial charge in [0.15, 0.2) is 0 Å². The van der Waals surface area contributed by atoms with Gasteiger partial charge >= 0.3 is 5.97 Å². The summed E-state index contributed by atoms with van der Waals surface area (Å²) in [4.78, 5) is 61.5. The van der Waals surface area contributed by atoms with Crippen LogP contribution in [0.5, 0.6) is 0 Å². The van der Waals surface area contributed by atoms with Crippen LogP contribution in [0.4, 0.5) is 5.69 Å². The number of benzene rings is 1. The number of thioether (sulfide) groups is 1. The highest BCUT2D eigenvalue weighted by molar-refractivity contribution is 8.00. The van der Waals surface area contributed by atoms with E-state index in [1.807, 2.05) is 0 Å². The number of imide groups is 1. The van der Waals surface area contributed by atoms with Crippen LogP contribution in [0.15, 0.2) is 41.3 Å². The summed E-state index contributed by atoms with van der Waals surface area (Å²) in [6, 6.07) is 6.55. The van der Waals surface area contributed by atoms with Crippen molar-refractivity contribution in [1.82, 2.24) is 4.90 Å². The topological polar surface area (TPSA) is 121 Å². The van der Waals surface area contributed by atoms with Crippen LogP contribution in [0.1, 0.15) is 19.3 Å². The first-order valence-electron chi connectivity index (χ1n) is 9.08. The second kappa shape index (κ2) is 8.60. The van der Waals surface area contributed by atoms with E-state index in [9.17, 15) is 29.1 Å². The van der Waals surface area contributed by atoms with E-state index in [4.69, 9.17) is 0 Å². The largest absolute Gasteiger partial charge is 0.481 e. The number of Topliss-reactive ketones (excluding diaryl/α,β-unsaturated/α-hetero) is 1. The first kappa shape index (κ1) is 20.8. The van der Waals surface area contributed by atoms with Gasteiger partial charge in [0.1, 0.15) is 0 Å². The van der Waals surface area contributed by atoms with Gasteiger partial charge in [-0.3, -0.25) is 28.9 Å². The van der Waals surface area contributed by atoms with Crippen LogP contribution in [0.3, 0.4) is 0 Å². The normalized spacial score (nSPS) is 23.9. The fourth-order valence-electron chi connectivity index (χ4n) is 3.33. The first-order valence-corrected chi connectivity index (χ1v) is 9.96. The van der Waals surface area contributed by atoms with Crippen molar-refractivity contribution in [3.8, 4) is 0 Å². The number of aliphatic carboxylic acids is 1. The predicted molar refractivity (Wildman–Crippen MR) is 105 cm³/mol. The number of hydrogen-bond acceptors (Lipinski definition) is 6. The number of allylic oxidation sites excluding steroid dienone is 2. The molecule has 3 amide bonds. The Bertz CT molecular complexity index is 895. The lowest BCUT2D eigenvalue weighted by Crippen LogP contribution is -2.37. The quantitative estimate of drug-likeness (QED) is 0.411. The predicted octanol–water partition coefficient (Wildman–Crippen LogP) is 1.71. The number of hydrogen-bond donors (Lipinski definition) is 2. The third-order valence-corrected chi connectivity index (χ3v) is 6.24. The first-order chi connectivity index (χ1) is 13.8. The van der Waals surface area contributed by atoms with Gasteiger partial charge in [0.05, 0.1) is 11.2 Å². The van der Waals surface area contributed by atoms with Crippen LogP contribution in [-0.4, -0.2) is 51.8 Å². The highest BCUT2D eigenvalue weighted by atomic mass is 32.2. The van der Waals surface area contributed by atoms with Crippen molar-refractivity contribution in [2.75, 3.05) is 12.4 Å². The molecule has 9 heteroatoms. The summed E-state index contributed by atoms with van der Waals surface area (Å²) in [6.45, 7) is 0. The van der Waals surface area contributed by atoms with Crippen molar-refractivity contribution >= 4 is 46.9 Å². The molecule has 3 atom stereocenters. The fraction of sp³-hybridized carbons (Fsp3) is 0.350. The second-order valence-corrected chi connectivity index (χ2v) is 8.21. The standard InChI is InChI=1S/C20H20N2O6S/c1-22-16(23)10-15(19(22)26)29-12-8-6-11(7-9-12)21-18(25)17(24)13-4-2-3-5-14(13)20(27)28/h2-3,6-9,13-15H,4-5,10H2,1H3,(H,21,25)(H,27,28). The molecular weight excluding hydrogens is 396 g/mol. The monoisotopic (exact) mass is 416 g/mol. The second-order valence-electron chi connectivity index (χ2n) is 6.94. The number of amides is 3. The van der Waals surface area contributed by atoms with E-state index < -0.39 is 34.7 Å². The number of carboxylic acids is 1. The number of rotatable bonds is 6. The molecule has 152 valence electrons. The summed E-state index contributed by atoms with van der Waals surface area (Å²) in [5.41, 5.74) is 0.386. The molecule has 0 saturated carbocycles. The Kier molecular flexibility index (Phi) is 6.17. The zero-order valence-corrected chi connectivity index (χ0v) is 16.5. The van der Waals surface area contributed by atoms with Gasteiger partial charge in [-0.2, -0.15) is 0 Å². The third kappa shape index (κ3) is 4.56. The minimum Gasteiger partial charge on any atom is -0.481 e. The molecule has 8 nitrogen and oxygen atoms in total. The van der Waals surface area contributed by atoms with Gasteiger partial charge in [-0.25, -0.2) is 0 Å². The Morgan fingerprint density at radius 3 is 2.24 bits per heavy atom. The molecule has 29 heavy (non-hydrogen) atoms. The number of likely N-dealkylation sites (tertiary alicyclic amines) is 1. The number of carboxylic acid groups (broad SMARTS) is 1. The van der Waals surface area contributed by atoms with E-state index in [1.165, 1.54) is 18.8 Å². The molecule has 1 aliphatic heterocycles. The highest BCUT2D eigenvalue weighted by Gasteiger charge is 2.38. The number of ketones is 1. The van der Waals surface area contributed by atoms with Gasteiger partial charge in [-0.15, -0.1) is 11.8 Å². The van der Waals surface area contributed by atoms with Crippen LogP contribution in [0, 0.1) is 11.8 Å². The van der Waals surface area contributed by atoms with E-state index in [0.717, 1.165) is 9.80 Å². The fourth-order valence-corrected chi connectivity index (χ4v) is 4.44. The van der Waals surface area contributed by atoms with E-state index in [-0.39, 0.29) is 31.1 Å². The summed E-state index contributed by atoms with van der Waals surface area (Å²) < 4.78 is 0. The van der Waals surface area contributed by atoms with Crippen LogP contribution < -0.4 is 5.32 Å². The Labute approximate surface area is 171 Å². The Morgan fingerprint density at radius 2 is 1.69 bits per heavy atom. The lowest BCUT2D eigenvalue weighted by Gasteiger charge is -2.23. The summed E-state index contributed by atoms with van der Waals surface area (Å²) in [5.74, 6) is -4.93. The smallest absolute Gasteiger partial charge is 0.307 e. The summed E-state index contributed by atoms with van der Waals surface area (Å²) in [6.07, 6.45) is 4.02. The lowest BCUT2D eigenvalue weighted by molar-refractivity contribution is -0.148. The SMILES string of the molecule is CN1C(=O)CC(Sc2ccc(NC(=O)C(=O)C3CC=CCC3C(=O)O)cc2)C1=O. The molecular formula is C20H20N2O6S. The van der Waals surface area contributed by atoms with E-state index in [1.54, 1.807) is 36.4 Å². The molecule has 1 aromatic carbocycles. The van der Waals surface area contributed by atoms with Crippen LogP contribution in [0.2, 0.25) is 0 Å². The van der Waals surface area contributed by atoms with E-state index >= 15 is 0 Å². The summed E-state index contributed by atoms with van der Waals surface area (Å²) >= 11 is 1.26. The average Bonchev–Trinajstić information content (AvgIpc) is 2.95. The summed E-state index contributed by atoms with van der Waals surface area (Å²) in [5, 5.41) is 11.3. The molecule has 1 aliphatic carbocycles. The molecule has 1 saturated heterocycles. The molecule has 2 aliphatic rings. The van der Waals surface area contributed by atoms with Crippen molar-refractivity contribution in [2.45, 2.75) is 29.4 Å². The number of carbonyl (C=O) groups is 5. The molecule has 1 fully saturated rings. The maximum Gasteiger partial charge on any atom is 0.307 e. The van der Waals surface area contributed by atoms with Crippen LogP contribution in [-0.2, 0) is 24.0 Å². The van der Waals surface area contributed by atoms with Gasteiger partial charge in [-0.1, -0.05) is 12.2 Å². The van der Waals surface area contributed by atoms with Gasteiger partial charge < -0.3 is 10.4 Å². The molecule has 2 N–H and O–H groups in total. The molecule has 1 heterocycles. The molecule has 1 aromatic rings. The van der Waals surface area contributed by atoms with E-state index in [2.05, 4.69) is 5.32 Å². The van der Waals surface area contributed by atoms with Crippen molar-refractivity contribution in [3.05, 3.63) is 36.4 Å². The zero-order chi connectivity index (χ0) is 21.1. The van der Waals surface area contributed by atoms with Crippen LogP contribution >= 0.6 is 11.8 Å². The molecule has 3 rings (SSSR count). The number of carbonyl (C=O) groups excluding carboxylic acids is 4. The van der Waals surface area contributed by atoms with Crippen molar-refractivity contribution in [2.24, 2.45) is 11.8 Å². The van der Waals surface area contributed by atoms with Gasteiger partial charge in [0.25, 0.3) is 5.91 Å². The third-order valence-electron chi connectivity index (χ3n) is 5.04. The highest BCUT2D eigenvalue weighted by Crippen LogP contribution is 2.32. The van der Waals surface area contributed by atoms with Crippen molar-refractivity contribution in [1.29, 1.82) is 0 Å². The molecule has 0 spiro atoms. The van der Waals surface area contributed by atoms with Gasteiger partial charge in [0.2, 0.25) is 17.6 Å². The van der Waals surface area contributed by atoms with Gasteiger partial charge in [-0.05, 0) is 37.1 Å². The van der Waals surface area contributed by atoms with Crippen LogP contribution in [0.25, 0.3) is 0 Å². The minimum atomic E-state index is -1.09. The van der Waals surface area contributed by atoms with Crippen molar-refractivity contribution < 1.29 is 29.1 Å². The Balaban J connectivity index is 1.60. The van der Waals surface area contributed by atoms with E-state index in [0.29, 0.717) is 5.69 Å². The molecule has 0 aromatic heterocycles. The summed E-state index contributed by atoms with van der Waals surface area (Å²) in [7, 11) is 1.46. The minimum absolute atomic E-state index is 0.146. The molecule has 0 radical (unpaired) electrons. The number of nitrogens with zero attached hydrogens (tertiary/aromatic N) is 1. The maximum atomic E-state index is 12.4. The average molecular weight is 416 g/mol. The molecule has 3 unspecified atom stereocenters. The Morgan fingerprint density at radius 1 is 1.07 bits per heavy atom. The van der Waals surface area contributed by atoms with Crippen molar-refractivity contribution in [3.63, 3.8) is 0 Å². The molecule has 0 bridgehead atoms. The van der Waals surface area contributed by atoms with Gasteiger partial charge in [0, 0.05) is 30.0 Å².